The van der Waals surface area contributed by atoms with E-state index >= 15 is 0 Å². The third-order valence-electron chi connectivity index (χ3n) is 17.8. The largest absolute Gasteiger partial charge is 0.472 e. The van der Waals surface area contributed by atoms with Crippen molar-refractivity contribution in [2.24, 2.45) is 11.8 Å². The van der Waals surface area contributed by atoms with Gasteiger partial charge in [0, 0.05) is 25.7 Å². The van der Waals surface area contributed by atoms with E-state index < -0.39 is 97.5 Å². The van der Waals surface area contributed by atoms with E-state index in [2.05, 4.69) is 41.5 Å². The van der Waals surface area contributed by atoms with E-state index in [0.29, 0.717) is 31.6 Å². The molecule has 0 aromatic carbocycles. The number of rotatable bonds is 74. The highest BCUT2D eigenvalue weighted by Gasteiger charge is 2.30. The Hall–Kier alpha value is -1.94. The maximum absolute atomic E-state index is 13.1. The summed E-state index contributed by atoms with van der Waals surface area (Å²) in [6.07, 6.45) is 54.0. The Labute approximate surface area is 575 Å². The van der Waals surface area contributed by atoms with Crippen LogP contribution in [0.4, 0.5) is 0 Å². The van der Waals surface area contributed by atoms with Gasteiger partial charge in [-0.05, 0) is 37.5 Å². The second-order valence-electron chi connectivity index (χ2n) is 27.8. The van der Waals surface area contributed by atoms with Crippen molar-refractivity contribution in [2.75, 3.05) is 39.6 Å². The van der Waals surface area contributed by atoms with Crippen molar-refractivity contribution in [3.8, 4) is 0 Å². The van der Waals surface area contributed by atoms with Gasteiger partial charge >= 0.3 is 39.5 Å². The molecule has 0 aliphatic rings. The number of unbranched alkanes of at least 4 members (excludes halogenated alkanes) is 43. The summed E-state index contributed by atoms with van der Waals surface area (Å²) in [5.41, 5.74) is 0. The molecule has 0 aromatic rings. The lowest BCUT2D eigenvalue weighted by Crippen LogP contribution is -2.30. The van der Waals surface area contributed by atoms with Crippen LogP contribution in [0.2, 0.25) is 0 Å². The Bertz CT molecular complexity index is 1820. The highest BCUT2D eigenvalue weighted by molar-refractivity contribution is 7.47. The Balaban J connectivity index is 5.26. The number of ether oxygens (including phenoxy) is 4. The van der Waals surface area contributed by atoms with Crippen molar-refractivity contribution in [1.82, 2.24) is 0 Å². The van der Waals surface area contributed by atoms with Crippen molar-refractivity contribution in [3.63, 3.8) is 0 Å². The number of aliphatic hydroxyl groups excluding tert-OH is 1. The Kier molecular flexibility index (Phi) is 65.5. The summed E-state index contributed by atoms with van der Waals surface area (Å²) in [5.74, 6) is -0.608. The molecule has 0 radical (unpaired) electrons. The van der Waals surface area contributed by atoms with Gasteiger partial charge in [-0.1, -0.05) is 337 Å². The zero-order valence-electron chi connectivity index (χ0n) is 61.3. The van der Waals surface area contributed by atoms with Gasteiger partial charge in [0.05, 0.1) is 26.4 Å². The van der Waals surface area contributed by atoms with Crippen molar-refractivity contribution in [3.05, 3.63) is 0 Å². The minimum absolute atomic E-state index is 0.106. The van der Waals surface area contributed by atoms with Gasteiger partial charge in [-0.3, -0.25) is 37.3 Å². The zero-order chi connectivity index (χ0) is 69.3. The summed E-state index contributed by atoms with van der Waals surface area (Å²) in [6, 6.07) is 0. The molecule has 0 spiro atoms. The first kappa shape index (κ1) is 92.1. The van der Waals surface area contributed by atoms with Gasteiger partial charge in [-0.25, -0.2) is 9.13 Å². The topological polar surface area (TPSA) is 237 Å². The van der Waals surface area contributed by atoms with Crippen LogP contribution in [0.3, 0.4) is 0 Å². The zero-order valence-corrected chi connectivity index (χ0v) is 63.1. The lowest BCUT2D eigenvalue weighted by Gasteiger charge is -2.21. The summed E-state index contributed by atoms with van der Waals surface area (Å²) in [5, 5.41) is 10.6. The molecule has 3 unspecified atom stereocenters. The number of hydrogen-bond acceptors (Lipinski definition) is 15. The second-order valence-corrected chi connectivity index (χ2v) is 30.7. The Morgan fingerprint density at radius 2 is 0.543 bits per heavy atom. The van der Waals surface area contributed by atoms with Gasteiger partial charge in [-0.15, -0.1) is 0 Å². The molecule has 0 aromatic heterocycles. The van der Waals surface area contributed by atoms with Crippen LogP contribution in [0.1, 0.15) is 388 Å². The fourth-order valence-electron chi connectivity index (χ4n) is 11.4. The van der Waals surface area contributed by atoms with Gasteiger partial charge in [0.2, 0.25) is 0 Å². The average molecular weight is 1380 g/mol. The smallest absolute Gasteiger partial charge is 0.462 e. The normalized spacial score (nSPS) is 14.3. The highest BCUT2D eigenvalue weighted by Crippen LogP contribution is 2.45. The summed E-state index contributed by atoms with van der Waals surface area (Å²) >= 11 is 0. The molecule has 0 aliphatic carbocycles. The highest BCUT2D eigenvalue weighted by atomic mass is 31.2. The van der Waals surface area contributed by atoms with Crippen LogP contribution in [-0.4, -0.2) is 96.7 Å². The SMILES string of the molecule is CCCCCCCCCCCCCCCCCC(=O)OC[C@H](COP(=O)(O)OC[C@@H](O)COP(=O)(O)OC[C@@H](COC(=O)CCCCCCCCCC(C)C)OC(=O)CCCCCCCCCCCCC(C)CC)OC(=O)CCCCCCCCCCCCCCCCC. The summed E-state index contributed by atoms with van der Waals surface area (Å²) < 4.78 is 68.5. The predicted molar refractivity (Wildman–Crippen MR) is 381 cm³/mol. The predicted octanol–water partition coefficient (Wildman–Crippen LogP) is 21.9. The second kappa shape index (κ2) is 66.9. The van der Waals surface area contributed by atoms with Crippen LogP contribution in [0.15, 0.2) is 0 Å². The molecule has 558 valence electrons. The Morgan fingerprint density at radius 1 is 0.309 bits per heavy atom. The number of esters is 4. The fraction of sp³-hybridized carbons (Fsp3) is 0.947. The molecule has 19 heteroatoms. The molecule has 94 heavy (non-hydrogen) atoms. The molecule has 3 N–H and O–H groups in total. The van der Waals surface area contributed by atoms with Gasteiger partial charge in [0.15, 0.2) is 12.2 Å². The number of hydrogen-bond donors (Lipinski definition) is 3. The fourth-order valence-corrected chi connectivity index (χ4v) is 13.0. The van der Waals surface area contributed by atoms with Crippen LogP contribution >= 0.6 is 15.6 Å². The standard InChI is InChI=1S/C75H146O17P2/c1-7-10-12-14-16-18-20-22-24-26-28-33-39-45-51-57-72(77)85-63-70(91-74(79)59-53-47-40-34-29-27-25-23-21-19-17-15-13-11-8-2)65-89-93(81,82)87-61-69(76)62-88-94(83,84)90-66-71(64-86-73(78)58-52-46-42-36-37-43-49-55-67(4)5)92-75(80)60-54-48-41-35-31-30-32-38-44-50-56-68(6)9-3/h67-71,76H,7-66H2,1-6H3,(H,81,82)(H,83,84)/t68?,69-,70-,71-/m1/s1. The molecule has 0 saturated carbocycles. The summed E-state index contributed by atoms with van der Waals surface area (Å²) in [6.45, 7) is 9.57. The van der Waals surface area contributed by atoms with Gasteiger partial charge in [0.25, 0.3) is 0 Å². The Morgan fingerprint density at radius 3 is 0.809 bits per heavy atom. The van der Waals surface area contributed by atoms with Crippen LogP contribution in [0.25, 0.3) is 0 Å². The molecular weight excluding hydrogens is 1230 g/mol. The molecule has 6 atom stereocenters. The maximum Gasteiger partial charge on any atom is 0.472 e. The van der Waals surface area contributed by atoms with Gasteiger partial charge in [0.1, 0.15) is 19.3 Å². The third kappa shape index (κ3) is 67.3. The summed E-state index contributed by atoms with van der Waals surface area (Å²) in [7, 11) is -9.91. The van der Waals surface area contributed by atoms with Crippen LogP contribution in [0.5, 0.6) is 0 Å². The van der Waals surface area contributed by atoms with E-state index in [1.165, 1.54) is 199 Å². The van der Waals surface area contributed by atoms with Crippen LogP contribution < -0.4 is 0 Å². The molecule has 0 saturated heterocycles. The van der Waals surface area contributed by atoms with Crippen molar-refractivity contribution >= 4 is 39.5 Å². The van der Waals surface area contributed by atoms with Crippen LogP contribution in [-0.2, 0) is 65.4 Å². The number of phosphoric ester groups is 2. The first-order valence-corrected chi connectivity index (χ1v) is 42.0. The van der Waals surface area contributed by atoms with Crippen molar-refractivity contribution < 1.29 is 80.2 Å². The number of aliphatic hydroxyl groups is 1. The molecule has 0 amide bonds. The lowest BCUT2D eigenvalue weighted by molar-refractivity contribution is -0.161. The molecule has 0 rings (SSSR count). The molecule has 0 aliphatic heterocycles. The molecule has 0 fully saturated rings. The number of phosphoric acid groups is 2. The molecule has 17 nitrogen and oxygen atoms in total. The van der Waals surface area contributed by atoms with Gasteiger partial charge < -0.3 is 33.8 Å². The molecular formula is C75H146O17P2. The summed E-state index contributed by atoms with van der Waals surface area (Å²) in [4.78, 5) is 72.8. The van der Waals surface area contributed by atoms with E-state index in [9.17, 15) is 43.2 Å². The van der Waals surface area contributed by atoms with Crippen molar-refractivity contribution in [1.29, 1.82) is 0 Å². The van der Waals surface area contributed by atoms with E-state index in [0.717, 1.165) is 102 Å². The average Bonchev–Trinajstić information content (AvgIpc) is 1.33. The molecule has 0 bridgehead atoms. The van der Waals surface area contributed by atoms with E-state index in [-0.39, 0.29) is 25.7 Å². The first-order chi connectivity index (χ1) is 45.4. The number of carbonyl (C=O) groups excluding carboxylic acids is 4. The molecule has 0 heterocycles. The quantitative estimate of drug-likeness (QED) is 0.0222. The lowest BCUT2D eigenvalue weighted by atomic mass is 9.99. The number of carbonyl (C=O) groups is 4. The maximum atomic E-state index is 13.1. The monoisotopic (exact) mass is 1380 g/mol. The first-order valence-electron chi connectivity index (χ1n) is 39.0. The van der Waals surface area contributed by atoms with E-state index in [1.54, 1.807) is 0 Å². The van der Waals surface area contributed by atoms with Crippen LogP contribution in [0, 0.1) is 11.8 Å². The van der Waals surface area contributed by atoms with Crippen molar-refractivity contribution in [2.45, 2.75) is 407 Å². The third-order valence-corrected chi connectivity index (χ3v) is 19.7. The minimum Gasteiger partial charge on any atom is -0.462 e. The minimum atomic E-state index is -4.96. The van der Waals surface area contributed by atoms with E-state index in [4.69, 9.17) is 37.0 Å². The van der Waals surface area contributed by atoms with Gasteiger partial charge in [-0.2, -0.15) is 0 Å². The van der Waals surface area contributed by atoms with E-state index in [1.807, 2.05) is 0 Å².